The molecule has 0 unspecified atom stereocenters. The molecule has 1 heterocycles. The minimum Gasteiger partial charge on any atom is -0.495 e. The number of methoxy groups -OCH3 is 1. The third-order valence-corrected chi connectivity index (χ3v) is 10.3. The highest BCUT2D eigenvalue weighted by atomic mass is 32.2. The van der Waals surface area contributed by atoms with E-state index >= 15 is 0 Å². The van der Waals surface area contributed by atoms with Gasteiger partial charge in [0, 0.05) is 17.3 Å². The van der Waals surface area contributed by atoms with E-state index in [2.05, 4.69) is 10.0 Å². The van der Waals surface area contributed by atoms with Gasteiger partial charge in [-0.15, -0.1) is 0 Å². The van der Waals surface area contributed by atoms with Crippen molar-refractivity contribution in [3.8, 4) is 5.75 Å². The molecule has 1 aliphatic heterocycles. The summed E-state index contributed by atoms with van der Waals surface area (Å²) in [5.41, 5.74) is 2.67. The van der Waals surface area contributed by atoms with Crippen LogP contribution in [0.3, 0.4) is 0 Å². The topological polar surface area (TPSA) is 122 Å². The zero-order valence-electron chi connectivity index (χ0n) is 22.7. The summed E-state index contributed by atoms with van der Waals surface area (Å²) in [4.78, 5) is 13.2. The summed E-state index contributed by atoms with van der Waals surface area (Å²) in [6, 6.07) is 24.0. The molecule has 1 aliphatic rings. The molecule has 0 bridgehead atoms. The number of anilines is 3. The van der Waals surface area contributed by atoms with Crippen molar-refractivity contribution >= 4 is 43.0 Å². The van der Waals surface area contributed by atoms with Gasteiger partial charge >= 0.3 is 0 Å². The standard InChI is InChI=1S/C30H29N3O6S2/c1-20-15-16-24(19-29(20)40(35,36)32-26-12-5-7-14-28(26)39-3)31-30(34)23-10-8-11-25(18-23)41(37,38)33-21(2)17-22-9-4-6-13-27(22)33/h4-16,18-19,21,32H,17H2,1-3H3,(H,31,34)/t21-/m0/s1. The number of benzene rings is 4. The Morgan fingerprint density at radius 3 is 2.41 bits per heavy atom. The number of amides is 1. The lowest BCUT2D eigenvalue weighted by Crippen LogP contribution is -2.35. The van der Waals surface area contributed by atoms with E-state index in [-0.39, 0.29) is 32.8 Å². The summed E-state index contributed by atoms with van der Waals surface area (Å²) >= 11 is 0. The van der Waals surface area contributed by atoms with Crippen molar-refractivity contribution in [2.45, 2.75) is 36.1 Å². The summed E-state index contributed by atoms with van der Waals surface area (Å²) in [6.07, 6.45) is 0.597. The molecule has 0 saturated heterocycles. The second-order valence-electron chi connectivity index (χ2n) is 9.75. The van der Waals surface area contributed by atoms with E-state index in [9.17, 15) is 21.6 Å². The largest absolute Gasteiger partial charge is 0.495 e. The van der Waals surface area contributed by atoms with Crippen LogP contribution >= 0.6 is 0 Å². The summed E-state index contributed by atoms with van der Waals surface area (Å²) in [5, 5.41) is 2.69. The van der Waals surface area contributed by atoms with Crippen LogP contribution in [0.25, 0.3) is 0 Å². The van der Waals surface area contributed by atoms with Gasteiger partial charge in [0.1, 0.15) is 5.75 Å². The van der Waals surface area contributed by atoms with Crippen LogP contribution in [0.1, 0.15) is 28.4 Å². The summed E-state index contributed by atoms with van der Waals surface area (Å²) in [6.45, 7) is 3.49. The van der Waals surface area contributed by atoms with Crippen LogP contribution in [0, 0.1) is 6.92 Å². The predicted octanol–water partition coefficient (Wildman–Crippen LogP) is 5.20. The molecule has 1 atom stereocenters. The Balaban J connectivity index is 1.40. The summed E-state index contributed by atoms with van der Waals surface area (Å²) in [7, 11) is -6.53. The number of hydrogen-bond acceptors (Lipinski definition) is 6. The fraction of sp³-hybridized carbons (Fsp3) is 0.167. The second kappa shape index (κ2) is 10.9. The van der Waals surface area contributed by atoms with Gasteiger partial charge in [-0.1, -0.05) is 42.5 Å². The van der Waals surface area contributed by atoms with Crippen LogP contribution < -0.4 is 19.1 Å². The number of fused-ring (bicyclic) bond motifs is 1. The molecular weight excluding hydrogens is 562 g/mol. The number of sulfonamides is 2. The molecule has 0 fully saturated rings. The molecule has 2 N–H and O–H groups in total. The molecule has 0 aliphatic carbocycles. The molecule has 0 saturated carbocycles. The van der Waals surface area contributed by atoms with Crippen LogP contribution in [0.2, 0.25) is 0 Å². The molecule has 1 amide bonds. The average Bonchev–Trinajstić information content (AvgIpc) is 3.30. The maximum atomic E-state index is 13.6. The van der Waals surface area contributed by atoms with Gasteiger partial charge in [0.25, 0.3) is 26.0 Å². The number of carbonyl (C=O) groups is 1. The number of aryl methyl sites for hydroxylation is 1. The zero-order valence-corrected chi connectivity index (χ0v) is 24.3. The minimum atomic E-state index is -4.03. The van der Waals surface area contributed by atoms with Gasteiger partial charge in [-0.2, -0.15) is 0 Å². The van der Waals surface area contributed by atoms with Gasteiger partial charge < -0.3 is 10.1 Å². The Morgan fingerprint density at radius 1 is 0.902 bits per heavy atom. The van der Waals surface area contributed by atoms with Crippen LogP contribution in [-0.4, -0.2) is 35.9 Å². The van der Waals surface area contributed by atoms with E-state index in [0.717, 1.165) is 5.56 Å². The van der Waals surface area contributed by atoms with Crippen molar-refractivity contribution in [3.05, 3.63) is 108 Å². The Labute approximate surface area is 239 Å². The normalized spacial score (nSPS) is 14.8. The highest BCUT2D eigenvalue weighted by Gasteiger charge is 2.36. The van der Waals surface area contributed by atoms with Gasteiger partial charge in [-0.05, 0) is 79.9 Å². The van der Waals surface area contributed by atoms with Crippen molar-refractivity contribution in [2.24, 2.45) is 0 Å². The quantitative estimate of drug-likeness (QED) is 0.291. The molecule has 0 spiro atoms. The van der Waals surface area contributed by atoms with E-state index in [0.29, 0.717) is 23.4 Å². The van der Waals surface area contributed by atoms with Crippen molar-refractivity contribution < 1.29 is 26.4 Å². The van der Waals surface area contributed by atoms with Crippen molar-refractivity contribution in [1.82, 2.24) is 0 Å². The molecule has 4 aromatic rings. The number of hydrogen-bond donors (Lipinski definition) is 2. The monoisotopic (exact) mass is 591 g/mol. The SMILES string of the molecule is COc1ccccc1NS(=O)(=O)c1cc(NC(=O)c2cccc(S(=O)(=O)N3c4ccccc4C[C@@H]3C)c2)ccc1C. The zero-order chi connectivity index (χ0) is 29.4. The lowest BCUT2D eigenvalue weighted by atomic mass is 10.1. The van der Waals surface area contributed by atoms with E-state index in [1.807, 2.05) is 19.1 Å². The fourth-order valence-corrected chi connectivity index (χ4v) is 8.00. The van der Waals surface area contributed by atoms with Gasteiger partial charge in [-0.3, -0.25) is 13.8 Å². The molecule has 0 radical (unpaired) electrons. The smallest absolute Gasteiger partial charge is 0.264 e. The molecule has 11 heteroatoms. The molecule has 5 rings (SSSR count). The highest BCUT2D eigenvalue weighted by molar-refractivity contribution is 7.93. The van der Waals surface area contributed by atoms with E-state index in [1.54, 1.807) is 55.5 Å². The Morgan fingerprint density at radius 2 is 1.63 bits per heavy atom. The first-order chi connectivity index (χ1) is 19.5. The Hall–Kier alpha value is -4.35. The fourth-order valence-electron chi connectivity index (χ4n) is 4.91. The first kappa shape index (κ1) is 28.2. The number of nitrogens with one attached hydrogen (secondary N) is 2. The van der Waals surface area contributed by atoms with E-state index < -0.39 is 26.0 Å². The molecule has 0 aromatic heterocycles. The van der Waals surface area contributed by atoms with Crippen LogP contribution in [0.5, 0.6) is 5.75 Å². The van der Waals surface area contributed by atoms with Crippen molar-refractivity contribution in [3.63, 3.8) is 0 Å². The van der Waals surface area contributed by atoms with Gasteiger partial charge in [0.05, 0.1) is 28.3 Å². The Bertz CT molecular complexity index is 1860. The van der Waals surface area contributed by atoms with Crippen molar-refractivity contribution in [1.29, 1.82) is 0 Å². The lowest BCUT2D eigenvalue weighted by Gasteiger charge is -2.24. The molecule has 9 nitrogen and oxygen atoms in total. The highest BCUT2D eigenvalue weighted by Crippen LogP contribution is 2.36. The van der Waals surface area contributed by atoms with Gasteiger partial charge in [-0.25, -0.2) is 16.8 Å². The third-order valence-electron chi connectivity index (χ3n) is 6.88. The minimum absolute atomic E-state index is 0.0121. The molecular formula is C30H29N3O6S2. The number of ether oxygens (including phenoxy) is 1. The lowest BCUT2D eigenvalue weighted by molar-refractivity contribution is 0.102. The van der Waals surface area contributed by atoms with Gasteiger partial charge in [0.2, 0.25) is 0 Å². The first-order valence-corrected chi connectivity index (χ1v) is 15.7. The molecule has 41 heavy (non-hydrogen) atoms. The first-order valence-electron chi connectivity index (χ1n) is 12.8. The average molecular weight is 592 g/mol. The maximum absolute atomic E-state index is 13.6. The summed E-state index contributed by atoms with van der Waals surface area (Å²) < 4.78 is 62.9. The second-order valence-corrected chi connectivity index (χ2v) is 13.2. The molecule has 212 valence electrons. The predicted molar refractivity (Wildman–Crippen MR) is 159 cm³/mol. The molecule has 4 aromatic carbocycles. The maximum Gasteiger partial charge on any atom is 0.264 e. The number of para-hydroxylation sites is 3. The van der Waals surface area contributed by atoms with Crippen LogP contribution in [0.4, 0.5) is 17.1 Å². The van der Waals surface area contributed by atoms with E-state index in [4.69, 9.17) is 4.74 Å². The van der Waals surface area contributed by atoms with Crippen LogP contribution in [0.15, 0.2) is 101 Å². The number of carbonyl (C=O) groups excluding carboxylic acids is 1. The number of nitrogens with zero attached hydrogens (tertiary/aromatic N) is 1. The van der Waals surface area contributed by atoms with Crippen molar-refractivity contribution in [2.75, 3.05) is 21.5 Å². The van der Waals surface area contributed by atoms with Crippen LogP contribution in [-0.2, 0) is 26.5 Å². The van der Waals surface area contributed by atoms with Gasteiger partial charge in [0.15, 0.2) is 0 Å². The third kappa shape index (κ3) is 5.50. The summed E-state index contributed by atoms with van der Waals surface area (Å²) in [5.74, 6) is -0.221. The number of rotatable bonds is 8. The Kier molecular flexibility index (Phi) is 7.50. The van der Waals surface area contributed by atoms with E-state index in [1.165, 1.54) is 41.7 Å².